The minimum absolute atomic E-state index is 0.00519. The maximum absolute atomic E-state index is 13.0. The topological polar surface area (TPSA) is 74.7 Å². The van der Waals surface area contributed by atoms with Crippen molar-refractivity contribution in [3.05, 3.63) is 35.6 Å². The number of nitrogens with zero attached hydrogens (tertiary/aromatic N) is 1. The first kappa shape index (κ1) is 11.8. The molecule has 0 aromatic heterocycles. The molecule has 1 aromatic carbocycles. The summed E-state index contributed by atoms with van der Waals surface area (Å²) in [5, 5.41) is 8.83. The Hall–Kier alpha value is -2.24. The van der Waals surface area contributed by atoms with Gasteiger partial charge in [0.05, 0.1) is 24.3 Å². The Labute approximate surface area is 107 Å². The molecule has 0 spiro atoms. The molecule has 1 aromatic rings. The lowest BCUT2D eigenvalue weighted by atomic mass is 10.2. The molecule has 98 valence electrons. The Morgan fingerprint density at radius 2 is 1.89 bits per heavy atom. The van der Waals surface area contributed by atoms with E-state index in [1.165, 1.54) is 18.2 Å². The average molecular weight is 263 g/mol. The second-order valence-electron chi connectivity index (χ2n) is 4.81. The molecule has 5 nitrogen and oxygen atoms in total. The van der Waals surface area contributed by atoms with E-state index in [1.54, 1.807) is 6.07 Å². The largest absolute Gasteiger partial charge is 0.481 e. The van der Waals surface area contributed by atoms with Crippen molar-refractivity contribution in [1.82, 2.24) is 4.90 Å². The summed E-state index contributed by atoms with van der Waals surface area (Å²) in [4.78, 5) is 35.6. The van der Waals surface area contributed by atoms with E-state index >= 15 is 0 Å². The first-order valence-corrected chi connectivity index (χ1v) is 5.83. The number of fused-ring (bicyclic) bond motifs is 1. The van der Waals surface area contributed by atoms with E-state index in [9.17, 15) is 18.8 Å². The summed E-state index contributed by atoms with van der Waals surface area (Å²) in [7, 11) is 0. The number of benzene rings is 1. The van der Waals surface area contributed by atoms with Crippen LogP contribution in [0.2, 0.25) is 0 Å². The van der Waals surface area contributed by atoms with Crippen LogP contribution >= 0.6 is 0 Å². The summed E-state index contributed by atoms with van der Waals surface area (Å²) in [5.41, 5.74) is 0.509. The first-order chi connectivity index (χ1) is 9.00. The van der Waals surface area contributed by atoms with E-state index in [4.69, 9.17) is 5.11 Å². The van der Waals surface area contributed by atoms with Gasteiger partial charge in [-0.3, -0.25) is 19.3 Å². The van der Waals surface area contributed by atoms with E-state index < -0.39 is 41.4 Å². The van der Waals surface area contributed by atoms with Gasteiger partial charge in [-0.2, -0.15) is 0 Å². The Bertz CT molecular complexity index is 578. The fourth-order valence-electron chi connectivity index (χ4n) is 2.67. The highest BCUT2D eigenvalue weighted by Gasteiger charge is 2.70. The Morgan fingerprint density at radius 3 is 2.42 bits per heavy atom. The lowest BCUT2D eigenvalue weighted by Crippen LogP contribution is -2.35. The molecule has 1 aliphatic heterocycles. The average Bonchev–Trinajstić information content (AvgIpc) is 3.04. The van der Waals surface area contributed by atoms with Gasteiger partial charge >= 0.3 is 5.97 Å². The summed E-state index contributed by atoms with van der Waals surface area (Å²) in [5.74, 6) is -4.80. The summed E-state index contributed by atoms with van der Waals surface area (Å²) < 4.78 is 13.0. The number of hydrogen-bond donors (Lipinski definition) is 1. The fraction of sp³-hybridized carbons (Fsp3) is 0.308. The van der Waals surface area contributed by atoms with Gasteiger partial charge < -0.3 is 5.11 Å². The highest BCUT2D eigenvalue weighted by molar-refractivity contribution is 6.13. The SMILES string of the molecule is O=C(O)C1C2C(=O)N(Cc3cccc(F)c3)C(=O)C12. The smallest absolute Gasteiger partial charge is 0.308 e. The number of carboxylic acids is 1. The molecular weight excluding hydrogens is 253 g/mol. The number of piperidine rings is 1. The standard InChI is InChI=1S/C13H10FNO4/c14-7-3-1-2-6(4-7)5-15-11(16)8-9(12(15)17)10(8)13(18)19/h1-4,8-10H,5H2,(H,18,19). The van der Waals surface area contributed by atoms with Crippen LogP contribution in [-0.2, 0) is 20.9 Å². The monoisotopic (exact) mass is 263 g/mol. The van der Waals surface area contributed by atoms with Gasteiger partial charge in [-0.15, -0.1) is 0 Å². The minimum Gasteiger partial charge on any atom is -0.481 e. The lowest BCUT2D eigenvalue weighted by molar-refractivity contribution is -0.149. The molecule has 2 atom stereocenters. The van der Waals surface area contributed by atoms with Crippen LogP contribution < -0.4 is 0 Å². The van der Waals surface area contributed by atoms with Gasteiger partial charge in [-0.1, -0.05) is 12.1 Å². The second kappa shape index (κ2) is 3.88. The number of carboxylic acid groups (broad SMARTS) is 1. The third kappa shape index (κ3) is 1.71. The summed E-state index contributed by atoms with van der Waals surface area (Å²) in [6.07, 6.45) is 0. The normalized spacial score (nSPS) is 28.5. The van der Waals surface area contributed by atoms with Crippen LogP contribution in [0.4, 0.5) is 4.39 Å². The van der Waals surface area contributed by atoms with Crippen LogP contribution in [0.1, 0.15) is 5.56 Å². The minimum atomic E-state index is -1.11. The van der Waals surface area contributed by atoms with Crippen LogP contribution in [0.15, 0.2) is 24.3 Å². The zero-order chi connectivity index (χ0) is 13.7. The maximum Gasteiger partial charge on any atom is 0.308 e. The van der Waals surface area contributed by atoms with Crippen molar-refractivity contribution in [3.63, 3.8) is 0 Å². The third-order valence-corrected chi connectivity index (χ3v) is 3.64. The Balaban J connectivity index is 1.77. The molecule has 6 heteroatoms. The molecule has 1 saturated carbocycles. The van der Waals surface area contributed by atoms with E-state index in [2.05, 4.69) is 0 Å². The molecule has 2 unspecified atom stereocenters. The van der Waals surface area contributed by atoms with Crippen LogP contribution in [-0.4, -0.2) is 27.8 Å². The second-order valence-corrected chi connectivity index (χ2v) is 4.81. The molecule has 19 heavy (non-hydrogen) atoms. The maximum atomic E-state index is 13.0. The molecule has 1 saturated heterocycles. The first-order valence-electron chi connectivity index (χ1n) is 5.83. The number of rotatable bonds is 3. The number of hydrogen-bond acceptors (Lipinski definition) is 3. The van der Waals surface area contributed by atoms with E-state index in [0.29, 0.717) is 5.56 Å². The number of imide groups is 1. The summed E-state index contributed by atoms with van der Waals surface area (Å²) in [6, 6.07) is 5.63. The highest BCUT2D eigenvalue weighted by Crippen LogP contribution is 2.53. The fourth-order valence-corrected chi connectivity index (χ4v) is 2.67. The van der Waals surface area contributed by atoms with Crippen LogP contribution in [0.5, 0.6) is 0 Å². The predicted octanol–water partition coefficient (Wildman–Crippen LogP) is 0.641. The number of aliphatic carboxylic acids is 1. The van der Waals surface area contributed by atoms with Crippen molar-refractivity contribution in [3.8, 4) is 0 Å². The molecule has 0 radical (unpaired) electrons. The van der Waals surface area contributed by atoms with E-state index in [0.717, 1.165) is 4.90 Å². The van der Waals surface area contributed by atoms with Crippen molar-refractivity contribution in [2.45, 2.75) is 6.54 Å². The number of halogens is 1. The Morgan fingerprint density at radius 1 is 1.26 bits per heavy atom. The number of carbonyl (C=O) groups excluding carboxylic acids is 2. The van der Waals surface area contributed by atoms with Crippen molar-refractivity contribution < 1.29 is 23.9 Å². The van der Waals surface area contributed by atoms with Crippen molar-refractivity contribution in [2.75, 3.05) is 0 Å². The van der Waals surface area contributed by atoms with Gasteiger partial charge in [0.15, 0.2) is 0 Å². The van der Waals surface area contributed by atoms with Crippen molar-refractivity contribution in [1.29, 1.82) is 0 Å². The van der Waals surface area contributed by atoms with Gasteiger partial charge in [0.1, 0.15) is 5.82 Å². The number of amides is 2. The van der Waals surface area contributed by atoms with Gasteiger partial charge in [0.2, 0.25) is 11.8 Å². The predicted molar refractivity (Wildman–Crippen MR) is 60.1 cm³/mol. The van der Waals surface area contributed by atoms with Crippen molar-refractivity contribution in [2.24, 2.45) is 17.8 Å². The van der Waals surface area contributed by atoms with Crippen LogP contribution in [0.3, 0.4) is 0 Å². The van der Waals surface area contributed by atoms with Gasteiger partial charge in [0.25, 0.3) is 0 Å². The number of carbonyl (C=O) groups is 3. The Kier molecular flexibility index (Phi) is 2.41. The van der Waals surface area contributed by atoms with Crippen LogP contribution in [0.25, 0.3) is 0 Å². The molecule has 2 amide bonds. The van der Waals surface area contributed by atoms with E-state index in [-0.39, 0.29) is 6.54 Å². The van der Waals surface area contributed by atoms with Gasteiger partial charge in [-0.05, 0) is 17.7 Å². The molecule has 1 N–H and O–H groups in total. The molecule has 0 bridgehead atoms. The number of likely N-dealkylation sites (tertiary alicyclic amines) is 1. The van der Waals surface area contributed by atoms with Gasteiger partial charge in [-0.25, -0.2) is 4.39 Å². The molecule has 2 fully saturated rings. The zero-order valence-corrected chi connectivity index (χ0v) is 9.75. The highest BCUT2D eigenvalue weighted by atomic mass is 19.1. The van der Waals surface area contributed by atoms with Gasteiger partial charge in [0, 0.05) is 0 Å². The lowest BCUT2D eigenvalue weighted by Gasteiger charge is -2.17. The molecule has 1 aliphatic carbocycles. The van der Waals surface area contributed by atoms with Crippen LogP contribution in [0, 0.1) is 23.6 Å². The quantitative estimate of drug-likeness (QED) is 0.812. The summed E-state index contributed by atoms with van der Waals surface area (Å²) >= 11 is 0. The zero-order valence-electron chi connectivity index (χ0n) is 9.75. The summed E-state index contributed by atoms with van der Waals surface area (Å²) in [6.45, 7) is -0.00519. The molecule has 2 aliphatic rings. The molecular formula is C13H10FNO4. The van der Waals surface area contributed by atoms with Crippen molar-refractivity contribution >= 4 is 17.8 Å². The van der Waals surface area contributed by atoms with E-state index in [1.807, 2.05) is 0 Å². The molecule has 1 heterocycles. The molecule has 3 rings (SSSR count). The third-order valence-electron chi connectivity index (χ3n) is 3.64.